The molecule has 1 heterocycles. The molecule has 3 rings (SSSR count). The monoisotopic (exact) mass is 307 g/mol. The van der Waals surface area contributed by atoms with Crippen molar-refractivity contribution in [2.45, 2.75) is 24.9 Å². The van der Waals surface area contributed by atoms with Gasteiger partial charge in [0.1, 0.15) is 5.82 Å². The van der Waals surface area contributed by atoms with Crippen LogP contribution in [0.25, 0.3) is 0 Å². The lowest BCUT2D eigenvalue weighted by atomic mass is 10.1. The number of nitrogens with zero attached hydrogens (tertiary/aromatic N) is 1. The smallest absolute Gasteiger partial charge is 0.306 e. The van der Waals surface area contributed by atoms with Gasteiger partial charge in [-0.3, -0.25) is 9.59 Å². The first-order chi connectivity index (χ1) is 10.5. The zero-order valence-electron chi connectivity index (χ0n) is 12.1. The van der Waals surface area contributed by atoms with Crippen molar-refractivity contribution in [3.05, 3.63) is 35.6 Å². The van der Waals surface area contributed by atoms with E-state index in [0.717, 1.165) is 12.0 Å². The van der Waals surface area contributed by atoms with E-state index in [4.69, 9.17) is 9.84 Å². The molecule has 5 nitrogen and oxygen atoms in total. The van der Waals surface area contributed by atoms with Crippen molar-refractivity contribution in [2.75, 3.05) is 19.7 Å². The molecule has 1 aromatic rings. The van der Waals surface area contributed by atoms with Crippen molar-refractivity contribution in [1.29, 1.82) is 0 Å². The highest BCUT2D eigenvalue weighted by Crippen LogP contribution is 2.48. The van der Waals surface area contributed by atoms with Crippen molar-refractivity contribution in [2.24, 2.45) is 5.92 Å². The van der Waals surface area contributed by atoms with Gasteiger partial charge >= 0.3 is 5.97 Å². The standard InChI is InChI=1S/C16H18FNO4/c17-11-3-1-10(2-4-11)13-8-14(13)16(21)18-5-6-22-12(9-18)7-15(19)20/h1-4,12-14H,5-9H2,(H,19,20). The number of amides is 1. The van der Waals surface area contributed by atoms with Crippen LogP contribution in [0.3, 0.4) is 0 Å². The zero-order valence-corrected chi connectivity index (χ0v) is 12.1. The van der Waals surface area contributed by atoms with Crippen LogP contribution >= 0.6 is 0 Å². The summed E-state index contributed by atoms with van der Waals surface area (Å²) in [6.45, 7) is 1.21. The van der Waals surface area contributed by atoms with Gasteiger partial charge in [-0.1, -0.05) is 12.1 Å². The van der Waals surface area contributed by atoms with Crippen LogP contribution in [0.1, 0.15) is 24.3 Å². The molecule has 1 saturated heterocycles. The molecular weight excluding hydrogens is 289 g/mol. The quantitative estimate of drug-likeness (QED) is 0.918. The molecule has 1 amide bonds. The Morgan fingerprint density at radius 1 is 1.32 bits per heavy atom. The Hall–Kier alpha value is -1.95. The Morgan fingerprint density at radius 2 is 2.05 bits per heavy atom. The number of ether oxygens (including phenoxy) is 1. The van der Waals surface area contributed by atoms with Gasteiger partial charge in [-0.15, -0.1) is 0 Å². The van der Waals surface area contributed by atoms with Crippen molar-refractivity contribution in [3.8, 4) is 0 Å². The maximum atomic E-state index is 12.9. The normalized spacial score (nSPS) is 27.5. The fourth-order valence-corrected chi connectivity index (χ4v) is 3.02. The number of carbonyl (C=O) groups is 2. The van der Waals surface area contributed by atoms with E-state index in [9.17, 15) is 14.0 Å². The summed E-state index contributed by atoms with van der Waals surface area (Å²) in [5.41, 5.74) is 0.982. The number of carboxylic acids is 1. The number of halogens is 1. The van der Waals surface area contributed by atoms with E-state index < -0.39 is 12.1 Å². The molecule has 3 unspecified atom stereocenters. The fraction of sp³-hybridized carbons (Fsp3) is 0.500. The van der Waals surface area contributed by atoms with E-state index in [0.29, 0.717) is 19.7 Å². The molecule has 0 spiro atoms. The second-order valence-corrected chi connectivity index (χ2v) is 5.88. The molecular formula is C16H18FNO4. The Bertz CT molecular complexity index is 574. The number of rotatable bonds is 4. The molecule has 0 aromatic heterocycles. The largest absolute Gasteiger partial charge is 0.481 e. The van der Waals surface area contributed by atoms with Crippen LogP contribution in [0, 0.1) is 11.7 Å². The van der Waals surface area contributed by atoms with E-state index >= 15 is 0 Å². The highest BCUT2D eigenvalue weighted by Gasteiger charge is 2.46. The van der Waals surface area contributed by atoms with Gasteiger partial charge in [0.15, 0.2) is 0 Å². The molecule has 1 N–H and O–H groups in total. The van der Waals surface area contributed by atoms with Gasteiger partial charge in [0.05, 0.1) is 19.1 Å². The summed E-state index contributed by atoms with van der Waals surface area (Å²) in [5.74, 6) is -1.08. The zero-order chi connectivity index (χ0) is 15.7. The van der Waals surface area contributed by atoms with E-state index in [1.165, 1.54) is 12.1 Å². The van der Waals surface area contributed by atoms with Crippen LogP contribution in [-0.4, -0.2) is 47.7 Å². The molecule has 6 heteroatoms. The first-order valence-electron chi connectivity index (χ1n) is 7.42. The molecule has 0 bridgehead atoms. The predicted octanol–water partition coefficient (Wildman–Crippen LogP) is 1.63. The molecule has 118 valence electrons. The molecule has 1 aromatic carbocycles. The van der Waals surface area contributed by atoms with Crippen LogP contribution in [0.15, 0.2) is 24.3 Å². The van der Waals surface area contributed by atoms with Gasteiger partial charge < -0.3 is 14.7 Å². The summed E-state index contributed by atoms with van der Waals surface area (Å²) in [6, 6.07) is 6.26. The molecule has 2 fully saturated rings. The van der Waals surface area contributed by atoms with Gasteiger partial charge in [0, 0.05) is 19.0 Å². The van der Waals surface area contributed by atoms with E-state index in [2.05, 4.69) is 0 Å². The van der Waals surface area contributed by atoms with Gasteiger partial charge in [-0.2, -0.15) is 0 Å². The summed E-state index contributed by atoms with van der Waals surface area (Å²) in [4.78, 5) is 24.9. The van der Waals surface area contributed by atoms with Gasteiger partial charge in [-0.05, 0) is 30.0 Å². The minimum absolute atomic E-state index is 0.0491. The first kappa shape index (κ1) is 15.0. The third-order valence-corrected chi connectivity index (χ3v) is 4.26. The number of morpholine rings is 1. The SMILES string of the molecule is O=C(O)CC1CN(C(=O)C2CC2c2ccc(F)cc2)CCO1. The fourth-order valence-electron chi connectivity index (χ4n) is 3.02. The van der Waals surface area contributed by atoms with Gasteiger partial charge in [-0.25, -0.2) is 4.39 Å². The average molecular weight is 307 g/mol. The average Bonchev–Trinajstić information content (AvgIpc) is 3.27. The molecule has 1 saturated carbocycles. The molecule has 1 aliphatic heterocycles. The Kier molecular flexibility index (Phi) is 4.11. The summed E-state index contributed by atoms with van der Waals surface area (Å²) in [6.07, 6.45) is 0.250. The maximum Gasteiger partial charge on any atom is 0.306 e. The van der Waals surface area contributed by atoms with Crippen LogP contribution in [0.4, 0.5) is 4.39 Å². The van der Waals surface area contributed by atoms with Crippen LogP contribution in [0.2, 0.25) is 0 Å². The number of aliphatic carboxylic acids is 1. The minimum Gasteiger partial charge on any atom is -0.481 e. The van der Waals surface area contributed by atoms with Crippen LogP contribution in [-0.2, 0) is 14.3 Å². The Labute approximate surface area is 127 Å². The third kappa shape index (κ3) is 3.27. The van der Waals surface area contributed by atoms with Crippen molar-refractivity contribution >= 4 is 11.9 Å². The minimum atomic E-state index is -0.921. The summed E-state index contributed by atoms with van der Waals surface area (Å²) < 4.78 is 18.3. The van der Waals surface area contributed by atoms with Gasteiger partial charge in [0.2, 0.25) is 5.91 Å². The van der Waals surface area contributed by atoms with Crippen LogP contribution < -0.4 is 0 Å². The molecule has 1 aliphatic carbocycles. The number of hydrogen-bond acceptors (Lipinski definition) is 3. The summed E-state index contributed by atoms with van der Waals surface area (Å²) >= 11 is 0. The Morgan fingerprint density at radius 3 is 2.73 bits per heavy atom. The number of hydrogen-bond donors (Lipinski definition) is 1. The highest BCUT2D eigenvalue weighted by molar-refractivity contribution is 5.83. The second-order valence-electron chi connectivity index (χ2n) is 5.88. The topological polar surface area (TPSA) is 66.8 Å². The van der Waals surface area contributed by atoms with E-state index in [-0.39, 0.29) is 30.0 Å². The van der Waals surface area contributed by atoms with E-state index in [1.807, 2.05) is 0 Å². The van der Waals surface area contributed by atoms with Crippen molar-refractivity contribution in [1.82, 2.24) is 4.90 Å². The highest BCUT2D eigenvalue weighted by atomic mass is 19.1. The first-order valence-corrected chi connectivity index (χ1v) is 7.42. The lowest BCUT2D eigenvalue weighted by molar-refractivity contribution is -0.148. The lowest BCUT2D eigenvalue weighted by Gasteiger charge is -2.32. The maximum absolute atomic E-state index is 12.9. The summed E-state index contributed by atoms with van der Waals surface area (Å²) in [5, 5.41) is 8.81. The third-order valence-electron chi connectivity index (χ3n) is 4.26. The summed E-state index contributed by atoms with van der Waals surface area (Å²) in [7, 11) is 0. The molecule has 0 radical (unpaired) electrons. The van der Waals surface area contributed by atoms with Gasteiger partial charge in [0.25, 0.3) is 0 Å². The number of carbonyl (C=O) groups excluding carboxylic acids is 1. The predicted molar refractivity (Wildman–Crippen MR) is 75.8 cm³/mol. The van der Waals surface area contributed by atoms with E-state index in [1.54, 1.807) is 17.0 Å². The Balaban J connectivity index is 1.58. The van der Waals surface area contributed by atoms with Crippen molar-refractivity contribution in [3.63, 3.8) is 0 Å². The van der Waals surface area contributed by atoms with Crippen molar-refractivity contribution < 1.29 is 23.8 Å². The lowest BCUT2D eigenvalue weighted by Crippen LogP contribution is -2.47. The second kappa shape index (κ2) is 6.04. The number of carboxylic acid groups (broad SMARTS) is 1. The number of benzene rings is 1. The molecule has 2 aliphatic rings. The van der Waals surface area contributed by atoms with Crippen LogP contribution in [0.5, 0.6) is 0 Å². The molecule has 3 atom stereocenters. The molecule has 22 heavy (non-hydrogen) atoms.